The summed E-state index contributed by atoms with van der Waals surface area (Å²) in [6, 6.07) is 3.50. The van der Waals surface area contributed by atoms with E-state index in [0.717, 1.165) is 13.2 Å². The minimum absolute atomic E-state index is 0.106. The van der Waals surface area contributed by atoms with E-state index in [1.54, 1.807) is 0 Å². The van der Waals surface area contributed by atoms with E-state index in [0.29, 0.717) is 0 Å². The number of carbonyl (C=O) groups is 2. The molecule has 0 aliphatic carbocycles. The van der Waals surface area contributed by atoms with Gasteiger partial charge in [0.15, 0.2) is 17.7 Å². The topological polar surface area (TPSA) is 75.6 Å². The van der Waals surface area contributed by atoms with Crippen molar-refractivity contribution in [3.8, 4) is 0 Å². The maximum absolute atomic E-state index is 13.3. The van der Waals surface area contributed by atoms with Crippen LogP contribution < -0.4 is 5.32 Å². The van der Waals surface area contributed by atoms with Crippen molar-refractivity contribution in [2.45, 2.75) is 12.5 Å². The van der Waals surface area contributed by atoms with E-state index in [1.807, 2.05) is 0 Å². The quantitative estimate of drug-likeness (QED) is 0.749. The molecule has 19 heavy (non-hydrogen) atoms. The second kappa shape index (κ2) is 6.79. The SMILES string of the molecule is COC(=O)C(O)CNC(=O)Cc1cccc(F)c1F. The van der Waals surface area contributed by atoms with E-state index in [2.05, 4.69) is 10.1 Å². The molecule has 1 amide bonds. The van der Waals surface area contributed by atoms with Gasteiger partial charge >= 0.3 is 5.97 Å². The first-order chi connectivity index (χ1) is 8.95. The highest BCUT2D eigenvalue weighted by atomic mass is 19.2. The summed E-state index contributed by atoms with van der Waals surface area (Å²) in [5.41, 5.74) is -0.106. The van der Waals surface area contributed by atoms with E-state index in [4.69, 9.17) is 0 Å². The lowest BCUT2D eigenvalue weighted by Crippen LogP contribution is -2.37. The van der Waals surface area contributed by atoms with Crippen molar-refractivity contribution < 1.29 is 28.2 Å². The van der Waals surface area contributed by atoms with Crippen molar-refractivity contribution in [1.29, 1.82) is 0 Å². The molecule has 104 valence electrons. The Labute approximate surface area is 108 Å². The molecule has 0 saturated heterocycles. The molecule has 0 saturated carbocycles. The molecule has 0 radical (unpaired) electrons. The van der Waals surface area contributed by atoms with Crippen LogP contribution in [0.1, 0.15) is 5.56 Å². The molecule has 1 aromatic rings. The van der Waals surface area contributed by atoms with Crippen LogP contribution in [0.3, 0.4) is 0 Å². The summed E-state index contributed by atoms with van der Waals surface area (Å²) in [6.07, 6.45) is -1.89. The normalized spacial score (nSPS) is 11.8. The van der Waals surface area contributed by atoms with Crippen LogP contribution in [0.15, 0.2) is 18.2 Å². The number of ether oxygens (including phenoxy) is 1. The molecular formula is C12H13F2NO4. The highest BCUT2D eigenvalue weighted by Crippen LogP contribution is 2.11. The number of hydrogen-bond donors (Lipinski definition) is 2. The molecule has 0 heterocycles. The lowest BCUT2D eigenvalue weighted by atomic mass is 10.1. The van der Waals surface area contributed by atoms with Gasteiger partial charge in [-0.3, -0.25) is 4.79 Å². The molecule has 0 fully saturated rings. The number of benzene rings is 1. The Kier molecular flexibility index (Phi) is 5.37. The van der Waals surface area contributed by atoms with Gasteiger partial charge < -0.3 is 15.2 Å². The molecule has 1 atom stereocenters. The fraction of sp³-hybridized carbons (Fsp3) is 0.333. The number of nitrogens with one attached hydrogen (secondary N) is 1. The number of hydrogen-bond acceptors (Lipinski definition) is 4. The minimum Gasteiger partial charge on any atom is -0.467 e. The number of methoxy groups -OCH3 is 1. The zero-order chi connectivity index (χ0) is 14.4. The lowest BCUT2D eigenvalue weighted by Gasteiger charge is -2.10. The van der Waals surface area contributed by atoms with Crippen LogP contribution >= 0.6 is 0 Å². The number of aliphatic hydroxyl groups excluding tert-OH is 1. The van der Waals surface area contributed by atoms with E-state index < -0.39 is 36.0 Å². The molecule has 0 aliphatic heterocycles. The number of halogens is 2. The second-order valence-corrected chi connectivity index (χ2v) is 3.73. The van der Waals surface area contributed by atoms with Gasteiger partial charge in [-0.2, -0.15) is 0 Å². The maximum atomic E-state index is 13.3. The van der Waals surface area contributed by atoms with E-state index >= 15 is 0 Å². The molecule has 7 heteroatoms. The molecule has 1 unspecified atom stereocenters. The molecule has 0 bridgehead atoms. The summed E-state index contributed by atoms with van der Waals surface area (Å²) in [4.78, 5) is 22.3. The molecule has 0 aromatic heterocycles. The molecule has 5 nitrogen and oxygen atoms in total. The van der Waals surface area contributed by atoms with Gasteiger partial charge in [0.25, 0.3) is 0 Å². The molecule has 1 aromatic carbocycles. The van der Waals surface area contributed by atoms with Crippen molar-refractivity contribution in [2.24, 2.45) is 0 Å². The third kappa shape index (κ3) is 4.29. The molecule has 0 aliphatic rings. The van der Waals surface area contributed by atoms with Gasteiger partial charge in [0, 0.05) is 5.56 Å². The predicted molar refractivity (Wildman–Crippen MR) is 61.1 cm³/mol. The third-order valence-corrected chi connectivity index (χ3v) is 2.35. The van der Waals surface area contributed by atoms with Gasteiger partial charge in [0.05, 0.1) is 20.1 Å². The lowest BCUT2D eigenvalue weighted by molar-refractivity contribution is -0.150. The number of rotatable bonds is 5. The number of aliphatic hydroxyl groups is 1. The standard InChI is InChI=1S/C12H13F2NO4/c1-19-12(18)9(16)6-15-10(17)5-7-3-2-4-8(13)11(7)14/h2-4,9,16H,5-6H2,1H3,(H,15,17). The highest BCUT2D eigenvalue weighted by Gasteiger charge is 2.17. The largest absolute Gasteiger partial charge is 0.467 e. The first-order valence-corrected chi connectivity index (χ1v) is 5.41. The first-order valence-electron chi connectivity index (χ1n) is 5.41. The second-order valence-electron chi connectivity index (χ2n) is 3.73. The summed E-state index contributed by atoms with van der Waals surface area (Å²) in [5, 5.41) is 11.4. The van der Waals surface area contributed by atoms with Crippen molar-refractivity contribution in [3.05, 3.63) is 35.4 Å². The van der Waals surface area contributed by atoms with Crippen LogP contribution in [-0.4, -0.2) is 36.7 Å². The van der Waals surface area contributed by atoms with Crippen molar-refractivity contribution >= 4 is 11.9 Å². The van der Waals surface area contributed by atoms with Gasteiger partial charge in [-0.15, -0.1) is 0 Å². The number of carbonyl (C=O) groups excluding carboxylic acids is 2. The average molecular weight is 273 g/mol. The zero-order valence-corrected chi connectivity index (χ0v) is 10.2. The summed E-state index contributed by atoms with van der Waals surface area (Å²) in [6.45, 7) is -0.359. The third-order valence-electron chi connectivity index (χ3n) is 2.35. The van der Waals surface area contributed by atoms with E-state index in [-0.39, 0.29) is 12.1 Å². The average Bonchev–Trinajstić information content (AvgIpc) is 2.40. The van der Waals surface area contributed by atoms with Gasteiger partial charge in [0.1, 0.15) is 0 Å². The minimum atomic E-state index is -1.49. The number of amides is 1. The van der Waals surface area contributed by atoms with Crippen LogP contribution in [0.2, 0.25) is 0 Å². The van der Waals surface area contributed by atoms with Crippen LogP contribution in [0.4, 0.5) is 8.78 Å². The van der Waals surface area contributed by atoms with Crippen LogP contribution in [-0.2, 0) is 20.7 Å². The van der Waals surface area contributed by atoms with Crippen molar-refractivity contribution in [3.63, 3.8) is 0 Å². The fourth-order valence-electron chi connectivity index (χ4n) is 1.35. The molecule has 2 N–H and O–H groups in total. The van der Waals surface area contributed by atoms with Gasteiger partial charge in [0.2, 0.25) is 5.91 Å². The van der Waals surface area contributed by atoms with Gasteiger partial charge in [-0.1, -0.05) is 12.1 Å². The summed E-state index contributed by atoms with van der Waals surface area (Å²) in [5.74, 6) is -3.67. The summed E-state index contributed by atoms with van der Waals surface area (Å²) in [7, 11) is 1.09. The summed E-state index contributed by atoms with van der Waals surface area (Å²) >= 11 is 0. The predicted octanol–water partition coefficient (Wildman–Crippen LogP) is 0.157. The van der Waals surface area contributed by atoms with Crippen molar-refractivity contribution in [2.75, 3.05) is 13.7 Å². The smallest absolute Gasteiger partial charge is 0.336 e. The molecule has 1 rings (SSSR count). The fourth-order valence-corrected chi connectivity index (χ4v) is 1.35. The monoisotopic (exact) mass is 273 g/mol. The van der Waals surface area contributed by atoms with Crippen molar-refractivity contribution in [1.82, 2.24) is 5.32 Å². The Bertz CT molecular complexity index is 479. The van der Waals surface area contributed by atoms with Gasteiger partial charge in [-0.05, 0) is 6.07 Å². The van der Waals surface area contributed by atoms with Crippen LogP contribution in [0, 0.1) is 11.6 Å². The Hall–Kier alpha value is -2.02. The molecular weight excluding hydrogens is 260 g/mol. The Morgan fingerprint density at radius 2 is 2.11 bits per heavy atom. The zero-order valence-electron chi connectivity index (χ0n) is 10.2. The van der Waals surface area contributed by atoms with E-state index in [1.165, 1.54) is 12.1 Å². The van der Waals surface area contributed by atoms with Gasteiger partial charge in [-0.25, -0.2) is 13.6 Å². The van der Waals surface area contributed by atoms with Crippen LogP contribution in [0.25, 0.3) is 0 Å². The van der Waals surface area contributed by atoms with E-state index in [9.17, 15) is 23.5 Å². The van der Waals surface area contributed by atoms with Crippen LogP contribution in [0.5, 0.6) is 0 Å². The molecule has 0 spiro atoms. The highest BCUT2D eigenvalue weighted by molar-refractivity contribution is 5.80. The number of esters is 1. The summed E-state index contributed by atoms with van der Waals surface area (Å²) < 4.78 is 30.4. The maximum Gasteiger partial charge on any atom is 0.336 e. The Morgan fingerprint density at radius 1 is 1.42 bits per heavy atom. The Morgan fingerprint density at radius 3 is 2.74 bits per heavy atom. The first kappa shape index (κ1) is 15.0. The Balaban J connectivity index is 2.52.